The molecule has 0 bridgehead atoms. The number of benzene rings is 1. The number of nitrogens with one attached hydrogen (secondary N) is 1. The average molecular weight is 218 g/mol. The van der Waals surface area contributed by atoms with E-state index >= 15 is 0 Å². The lowest BCUT2D eigenvalue weighted by atomic mass is 10.1. The largest absolute Gasteiger partial charge is 0.384 e. The van der Waals surface area contributed by atoms with Gasteiger partial charge in [-0.2, -0.15) is 0 Å². The zero-order valence-electron chi connectivity index (χ0n) is 10.1. The third kappa shape index (κ3) is 2.76. The van der Waals surface area contributed by atoms with Crippen LogP contribution in [0.25, 0.3) is 0 Å². The topological polar surface area (TPSA) is 38.0 Å². The predicted molar refractivity (Wildman–Crippen MR) is 69.6 cm³/mol. The highest BCUT2D eigenvalue weighted by Gasteiger charge is 2.40. The average Bonchev–Trinajstić information content (AvgIpc) is 3.09. The number of anilines is 1. The van der Waals surface area contributed by atoms with Gasteiger partial charge >= 0.3 is 0 Å². The highest BCUT2D eigenvalue weighted by molar-refractivity contribution is 5.45. The van der Waals surface area contributed by atoms with Crippen molar-refractivity contribution in [2.45, 2.75) is 32.6 Å². The highest BCUT2D eigenvalue weighted by atomic mass is 14.9. The minimum atomic E-state index is 0.405. The fourth-order valence-corrected chi connectivity index (χ4v) is 2.00. The number of hydrogen-bond donors (Lipinski definition) is 2. The van der Waals surface area contributed by atoms with E-state index in [4.69, 9.17) is 5.73 Å². The summed E-state index contributed by atoms with van der Waals surface area (Å²) in [6.07, 6.45) is 4.95. The van der Waals surface area contributed by atoms with Crippen LogP contribution in [0.3, 0.4) is 0 Å². The van der Waals surface area contributed by atoms with Crippen LogP contribution >= 0.6 is 0 Å². The van der Waals surface area contributed by atoms with Gasteiger partial charge in [0.2, 0.25) is 0 Å². The molecule has 0 radical (unpaired) electrons. The third-order valence-electron chi connectivity index (χ3n) is 3.55. The quantitative estimate of drug-likeness (QED) is 0.770. The summed E-state index contributed by atoms with van der Waals surface area (Å²) in [6.45, 7) is 4.05. The van der Waals surface area contributed by atoms with Gasteiger partial charge in [-0.25, -0.2) is 0 Å². The van der Waals surface area contributed by atoms with E-state index in [-0.39, 0.29) is 0 Å². The Hall–Kier alpha value is -1.02. The molecule has 16 heavy (non-hydrogen) atoms. The summed E-state index contributed by atoms with van der Waals surface area (Å²) < 4.78 is 0. The molecule has 88 valence electrons. The second-order valence-corrected chi connectivity index (χ2v) is 5.00. The molecule has 1 saturated carbocycles. The Balaban J connectivity index is 1.85. The molecule has 2 heteroatoms. The molecular weight excluding hydrogens is 196 g/mol. The number of nitrogens with two attached hydrogens (primary N) is 1. The SMILES string of the molecule is CCCc1ccc(NCC2(CN)CC2)cc1. The van der Waals surface area contributed by atoms with Gasteiger partial charge in [-0.1, -0.05) is 25.5 Å². The minimum absolute atomic E-state index is 0.405. The smallest absolute Gasteiger partial charge is 0.0340 e. The van der Waals surface area contributed by atoms with E-state index in [1.165, 1.54) is 36.9 Å². The molecule has 1 fully saturated rings. The van der Waals surface area contributed by atoms with Gasteiger partial charge in [0.25, 0.3) is 0 Å². The van der Waals surface area contributed by atoms with E-state index < -0.39 is 0 Å². The normalized spacial score (nSPS) is 17.1. The molecule has 0 aromatic heterocycles. The first-order chi connectivity index (χ1) is 7.78. The molecule has 0 unspecified atom stereocenters. The van der Waals surface area contributed by atoms with Gasteiger partial charge in [0.15, 0.2) is 0 Å². The van der Waals surface area contributed by atoms with Crippen LogP contribution in [0.4, 0.5) is 5.69 Å². The zero-order chi connectivity index (χ0) is 11.4. The van der Waals surface area contributed by atoms with Crippen molar-refractivity contribution >= 4 is 5.69 Å². The summed E-state index contributed by atoms with van der Waals surface area (Å²) in [7, 11) is 0. The first-order valence-corrected chi connectivity index (χ1v) is 6.31. The first-order valence-electron chi connectivity index (χ1n) is 6.31. The summed E-state index contributed by atoms with van der Waals surface area (Å²) in [6, 6.07) is 8.79. The Morgan fingerprint density at radius 1 is 1.25 bits per heavy atom. The lowest BCUT2D eigenvalue weighted by Crippen LogP contribution is -2.24. The summed E-state index contributed by atoms with van der Waals surface area (Å²) >= 11 is 0. The molecule has 1 aliphatic carbocycles. The van der Waals surface area contributed by atoms with Crippen molar-refractivity contribution in [1.29, 1.82) is 0 Å². The number of rotatable bonds is 6. The molecular formula is C14H22N2. The maximum absolute atomic E-state index is 5.76. The minimum Gasteiger partial charge on any atom is -0.384 e. The van der Waals surface area contributed by atoms with Crippen LogP contribution in [-0.2, 0) is 6.42 Å². The highest BCUT2D eigenvalue weighted by Crippen LogP contribution is 2.44. The second-order valence-electron chi connectivity index (χ2n) is 5.00. The Morgan fingerprint density at radius 2 is 1.94 bits per heavy atom. The fourth-order valence-electron chi connectivity index (χ4n) is 2.00. The van der Waals surface area contributed by atoms with Crippen LogP contribution in [-0.4, -0.2) is 13.1 Å². The van der Waals surface area contributed by atoms with Crippen LogP contribution < -0.4 is 11.1 Å². The summed E-state index contributed by atoms with van der Waals surface area (Å²) in [5, 5.41) is 3.49. The summed E-state index contributed by atoms with van der Waals surface area (Å²) in [5.74, 6) is 0. The van der Waals surface area contributed by atoms with E-state index in [9.17, 15) is 0 Å². The maximum Gasteiger partial charge on any atom is 0.0340 e. The van der Waals surface area contributed by atoms with Crippen LogP contribution in [0, 0.1) is 5.41 Å². The molecule has 0 saturated heterocycles. The van der Waals surface area contributed by atoms with Crippen molar-refractivity contribution < 1.29 is 0 Å². The lowest BCUT2D eigenvalue weighted by molar-refractivity contribution is 0.556. The van der Waals surface area contributed by atoms with Gasteiger partial charge < -0.3 is 11.1 Å². The van der Waals surface area contributed by atoms with Crippen LogP contribution in [0.2, 0.25) is 0 Å². The van der Waals surface area contributed by atoms with E-state index in [1.807, 2.05) is 0 Å². The van der Waals surface area contributed by atoms with E-state index in [0.717, 1.165) is 13.1 Å². The number of hydrogen-bond acceptors (Lipinski definition) is 2. The molecule has 0 spiro atoms. The molecule has 2 rings (SSSR count). The molecule has 0 amide bonds. The van der Waals surface area contributed by atoms with E-state index in [0.29, 0.717) is 5.41 Å². The van der Waals surface area contributed by atoms with Crippen molar-refractivity contribution in [3.8, 4) is 0 Å². The predicted octanol–water partition coefficient (Wildman–Crippen LogP) is 2.79. The van der Waals surface area contributed by atoms with E-state index in [1.54, 1.807) is 0 Å². The molecule has 1 aromatic rings. The van der Waals surface area contributed by atoms with Gasteiger partial charge in [-0.05, 0) is 48.9 Å². The third-order valence-corrected chi connectivity index (χ3v) is 3.55. The van der Waals surface area contributed by atoms with Gasteiger partial charge in [-0.15, -0.1) is 0 Å². The molecule has 1 aromatic carbocycles. The molecule has 0 atom stereocenters. The Bertz CT molecular complexity index is 325. The summed E-state index contributed by atoms with van der Waals surface area (Å²) in [5.41, 5.74) is 8.81. The molecule has 3 N–H and O–H groups in total. The Morgan fingerprint density at radius 3 is 2.44 bits per heavy atom. The fraction of sp³-hybridized carbons (Fsp3) is 0.571. The van der Waals surface area contributed by atoms with E-state index in [2.05, 4.69) is 36.5 Å². The Labute approximate surface area is 98.2 Å². The van der Waals surface area contributed by atoms with Crippen molar-refractivity contribution in [3.63, 3.8) is 0 Å². The van der Waals surface area contributed by atoms with Gasteiger partial charge in [-0.3, -0.25) is 0 Å². The van der Waals surface area contributed by atoms with Crippen molar-refractivity contribution in [2.24, 2.45) is 11.1 Å². The summed E-state index contributed by atoms with van der Waals surface area (Å²) in [4.78, 5) is 0. The van der Waals surface area contributed by atoms with Crippen molar-refractivity contribution in [3.05, 3.63) is 29.8 Å². The molecule has 1 aliphatic rings. The number of aryl methyl sites for hydroxylation is 1. The van der Waals surface area contributed by atoms with Crippen LogP contribution in [0.15, 0.2) is 24.3 Å². The maximum atomic E-state index is 5.76. The molecule has 0 heterocycles. The van der Waals surface area contributed by atoms with Crippen LogP contribution in [0.1, 0.15) is 31.7 Å². The molecule has 0 aliphatic heterocycles. The van der Waals surface area contributed by atoms with Gasteiger partial charge in [0, 0.05) is 12.2 Å². The monoisotopic (exact) mass is 218 g/mol. The second kappa shape index (κ2) is 4.88. The van der Waals surface area contributed by atoms with Gasteiger partial charge in [0.05, 0.1) is 0 Å². The van der Waals surface area contributed by atoms with Crippen LogP contribution in [0.5, 0.6) is 0 Å². The van der Waals surface area contributed by atoms with Crippen molar-refractivity contribution in [2.75, 3.05) is 18.4 Å². The zero-order valence-corrected chi connectivity index (χ0v) is 10.1. The molecule has 2 nitrogen and oxygen atoms in total. The van der Waals surface area contributed by atoms with Crippen molar-refractivity contribution in [1.82, 2.24) is 0 Å². The Kier molecular flexibility index (Phi) is 3.49. The first kappa shape index (κ1) is 11.5. The standard InChI is InChI=1S/C14H22N2/c1-2-3-12-4-6-13(7-5-12)16-11-14(10-15)8-9-14/h4-7,16H,2-3,8-11,15H2,1H3. The van der Waals surface area contributed by atoms with Gasteiger partial charge in [0.1, 0.15) is 0 Å². The lowest BCUT2D eigenvalue weighted by Gasteiger charge is -2.14.